The van der Waals surface area contributed by atoms with E-state index in [-0.39, 0.29) is 11.4 Å². The van der Waals surface area contributed by atoms with Crippen molar-refractivity contribution in [3.63, 3.8) is 0 Å². The molecule has 1 N–H and O–H groups in total. The number of carbonyl (C=O) groups excluding carboxylic acids is 1. The zero-order valence-corrected chi connectivity index (χ0v) is 13.0. The molecule has 6 nitrogen and oxygen atoms in total. The summed E-state index contributed by atoms with van der Waals surface area (Å²) >= 11 is 0. The van der Waals surface area contributed by atoms with Gasteiger partial charge in [0.25, 0.3) is 5.91 Å². The van der Waals surface area contributed by atoms with Gasteiger partial charge in [0.2, 0.25) is 0 Å². The zero-order chi connectivity index (χ0) is 18.6. The summed E-state index contributed by atoms with van der Waals surface area (Å²) in [5.41, 5.74) is -1.11. The van der Waals surface area contributed by atoms with Gasteiger partial charge in [-0.2, -0.15) is 13.2 Å². The number of alkyl halides is 3. The van der Waals surface area contributed by atoms with Gasteiger partial charge in [-0.15, -0.1) is 0 Å². The average Bonchev–Trinajstić information content (AvgIpc) is 2.53. The van der Waals surface area contributed by atoms with E-state index in [2.05, 4.69) is 5.32 Å². The van der Waals surface area contributed by atoms with Crippen molar-refractivity contribution in [1.29, 1.82) is 0 Å². The Labute approximate surface area is 140 Å². The molecule has 0 aliphatic carbocycles. The fourth-order valence-corrected chi connectivity index (χ4v) is 2.06. The minimum atomic E-state index is -4.62. The van der Waals surface area contributed by atoms with Crippen molar-refractivity contribution in [2.45, 2.75) is 13.1 Å². The van der Waals surface area contributed by atoms with Crippen LogP contribution in [0.3, 0.4) is 0 Å². The first-order chi connectivity index (χ1) is 11.7. The van der Waals surface area contributed by atoms with E-state index in [0.717, 1.165) is 12.1 Å². The molecule has 0 fully saturated rings. The van der Waals surface area contributed by atoms with Gasteiger partial charge in [-0.1, -0.05) is 18.2 Å². The van der Waals surface area contributed by atoms with Crippen molar-refractivity contribution in [2.75, 3.05) is 11.9 Å². The van der Waals surface area contributed by atoms with Crippen LogP contribution in [0.2, 0.25) is 0 Å². The molecule has 0 aliphatic rings. The number of halogens is 3. The van der Waals surface area contributed by atoms with E-state index in [1.54, 1.807) is 13.0 Å². The van der Waals surface area contributed by atoms with Crippen molar-refractivity contribution < 1.29 is 27.6 Å². The van der Waals surface area contributed by atoms with Gasteiger partial charge in [-0.05, 0) is 30.7 Å². The smallest absolute Gasteiger partial charge is 0.418 e. The molecule has 0 heterocycles. The predicted molar refractivity (Wildman–Crippen MR) is 83.4 cm³/mol. The standard InChI is InChI=1S/C16H13F3N2O4/c1-10-6-7-14(13(8-10)21(23)24)25-9-15(22)20-12-5-3-2-4-11(12)16(17,18)19/h2-8H,9H2,1H3,(H,20,22). The van der Waals surface area contributed by atoms with Crippen LogP contribution in [0.15, 0.2) is 42.5 Å². The molecule has 132 valence electrons. The lowest BCUT2D eigenvalue weighted by Gasteiger charge is -2.13. The topological polar surface area (TPSA) is 81.5 Å². The number of anilines is 1. The van der Waals surface area contributed by atoms with E-state index in [4.69, 9.17) is 4.74 Å². The van der Waals surface area contributed by atoms with Crippen LogP contribution in [-0.4, -0.2) is 17.4 Å². The molecule has 2 aromatic carbocycles. The van der Waals surface area contributed by atoms with Crippen LogP contribution in [-0.2, 0) is 11.0 Å². The third-order valence-corrected chi connectivity index (χ3v) is 3.18. The van der Waals surface area contributed by atoms with Crippen molar-refractivity contribution >= 4 is 17.3 Å². The third-order valence-electron chi connectivity index (χ3n) is 3.18. The van der Waals surface area contributed by atoms with Gasteiger partial charge in [0.15, 0.2) is 12.4 Å². The summed E-state index contributed by atoms with van der Waals surface area (Å²) in [4.78, 5) is 22.1. The van der Waals surface area contributed by atoms with Gasteiger partial charge in [-0.25, -0.2) is 0 Å². The molecule has 0 saturated heterocycles. The highest BCUT2D eigenvalue weighted by Gasteiger charge is 2.33. The van der Waals surface area contributed by atoms with Crippen LogP contribution in [0.4, 0.5) is 24.5 Å². The SMILES string of the molecule is Cc1ccc(OCC(=O)Nc2ccccc2C(F)(F)F)c([N+](=O)[O-])c1. The fourth-order valence-electron chi connectivity index (χ4n) is 2.06. The van der Waals surface area contributed by atoms with Crippen LogP contribution in [0.1, 0.15) is 11.1 Å². The lowest BCUT2D eigenvalue weighted by atomic mass is 10.1. The summed E-state index contributed by atoms with van der Waals surface area (Å²) in [6.07, 6.45) is -4.62. The predicted octanol–water partition coefficient (Wildman–Crippen LogP) is 3.94. The molecule has 0 aliphatic heterocycles. The van der Waals surface area contributed by atoms with Gasteiger partial charge in [0, 0.05) is 6.07 Å². The van der Waals surface area contributed by atoms with E-state index in [1.807, 2.05) is 0 Å². The number of amides is 1. The molecule has 25 heavy (non-hydrogen) atoms. The van der Waals surface area contributed by atoms with Crippen LogP contribution < -0.4 is 10.1 Å². The van der Waals surface area contributed by atoms with E-state index < -0.39 is 34.9 Å². The molecule has 0 bridgehead atoms. The molecule has 9 heteroatoms. The maximum atomic E-state index is 12.9. The van der Waals surface area contributed by atoms with Gasteiger partial charge in [-0.3, -0.25) is 14.9 Å². The van der Waals surface area contributed by atoms with Gasteiger partial charge in [0.1, 0.15) is 0 Å². The second kappa shape index (κ2) is 7.20. The third kappa shape index (κ3) is 4.69. The lowest BCUT2D eigenvalue weighted by Crippen LogP contribution is -2.22. The maximum absolute atomic E-state index is 12.9. The highest BCUT2D eigenvalue weighted by Crippen LogP contribution is 2.34. The number of ether oxygens (including phenoxy) is 1. The monoisotopic (exact) mass is 354 g/mol. The molecule has 0 radical (unpaired) electrons. The number of nitrogens with zero attached hydrogens (tertiary/aromatic N) is 1. The van der Waals surface area contributed by atoms with Gasteiger partial charge in [0.05, 0.1) is 16.2 Å². The molecule has 0 atom stereocenters. The summed E-state index contributed by atoms with van der Waals surface area (Å²) in [6, 6.07) is 8.63. The van der Waals surface area contributed by atoms with E-state index in [0.29, 0.717) is 5.56 Å². The molecular weight excluding hydrogens is 341 g/mol. The minimum Gasteiger partial charge on any atom is -0.477 e. The summed E-state index contributed by atoms with van der Waals surface area (Å²) in [5.74, 6) is -1.01. The largest absolute Gasteiger partial charge is 0.477 e. The molecule has 0 unspecified atom stereocenters. The summed E-state index contributed by atoms with van der Waals surface area (Å²) in [7, 11) is 0. The van der Waals surface area contributed by atoms with Crippen LogP contribution in [0, 0.1) is 17.0 Å². The average molecular weight is 354 g/mol. The van der Waals surface area contributed by atoms with Gasteiger partial charge < -0.3 is 10.1 Å². The Morgan fingerprint density at radius 2 is 1.92 bits per heavy atom. The molecule has 0 aromatic heterocycles. The number of rotatable bonds is 5. The van der Waals surface area contributed by atoms with Crippen molar-refractivity contribution in [1.82, 2.24) is 0 Å². The Bertz CT molecular complexity index is 806. The summed E-state index contributed by atoms with van der Waals surface area (Å²) in [6.45, 7) is 0.980. The second-order valence-electron chi connectivity index (χ2n) is 5.11. The quantitative estimate of drug-likeness (QED) is 0.651. The number of hydrogen-bond acceptors (Lipinski definition) is 4. The molecular formula is C16H13F3N2O4. The Kier molecular flexibility index (Phi) is 5.26. The summed E-state index contributed by atoms with van der Waals surface area (Å²) in [5, 5.41) is 13.1. The highest BCUT2D eigenvalue weighted by molar-refractivity contribution is 5.92. The Morgan fingerprint density at radius 3 is 2.56 bits per heavy atom. The molecule has 0 spiro atoms. The zero-order valence-electron chi connectivity index (χ0n) is 13.0. The van der Waals surface area contributed by atoms with Crippen molar-refractivity contribution in [3.8, 4) is 5.75 Å². The Hall–Kier alpha value is -3.10. The molecule has 2 rings (SSSR count). The molecule has 1 amide bonds. The number of carbonyl (C=O) groups is 1. The number of nitro benzene ring substituents is 1. The Balaban J connectivity index is 2.09. The molecule has 2 aromatic rings. The minimum absolute atomic E-state index is 0.144. The van der Waals surface area contributed by atoms with Crippen LogP contribution in [0.5, 0.6) is 5.75 Å². The lowest BCUT2D eigenvalue weighted by molar-refractivity contribution is -0.385. The first-order valence-electron chi connectivity index (χ1n) is 7.02. The summed E-state index contributed by atoms with van der Waals surface area (Å²) < 4.78 is 43.7. The van der Waals surface area contributed by atoms with Crippen LogP contribution >= 0.6 is 0 Å². The van der Waals surface area contributed by atoms with E-state index >= 15 is 0 Å². The van der Waals surface area contributed by atoms with Crippen LogP contribution in [0.25, 0.3) is 0 Å². The van der Waals surface area contributed by atoms with Crippen molar-refractivity contribution in [2.24, 2.45) is 0 Å². The number of benzene rings is 2. The van der Waals surface area contributed by atoms with E-state index in [9.17, 15) is 28.1 Å². The highest BCUT2D eigenvalue weighted by atomic mass is 19.4. The number of hydrogen-bond donors (Lipinski definition) is 1. The number of nitro groups is 1. The molecule has 0 saturated carbocycles. The van der Waals surface area contributed by atoms with E-state index in [1.165, 1.54) is 24.3 Å². The fraction of sp³-hybridized carbons (Fsp3) is 0.188. The first-order valence-corrected chi connectivity index (χ1v) is 7.02. The normalized spacial score (nSPS) is 11.0. The maximum Gasteiger partial charge on any atom is 0.418 e. The van der Waals surface area contributed by atoms with Crippen molar-refractivity contribution in [3.05, 3.63) is 63.7 Å². The first kappa shape index (κ1) is 18.2. The Morgan fingerprint density at radius 1 is 1.24 bits per heavy atom. The second-order valence-corrected chi connectivity index (χ2v) is 5.11. The number of nitrogens with one attached hydrogen (secondary N) is 1. The number of aryl methyl sites for hydroxylation is 1. The number of para-hydroxylation sites is 1. The van der Waals surface area contributed by atoms with Gasteiger partial charge >= 0.3 is 11.9 Å².